The van der Waals surface area contributed by atoms with Crippen LogP contribution < -0.4 is 0 Å². The van der Waals surface area contributed by atoms with Gasteiger partial charge in [-0.3, -0.25) is 4.79 Å². The van der Waals surface area contributed by atoms with Crippen LogP contribution in [0.25, 0.3) is 0 Å². The zero-order chi connectivity index (χ0) is 17.3. The second-order valence-corrected chi connectivity index (χ2v) is 9.18. The van der Waals surface area contributed by atoms with Gasteiger partial charge >= 0.3 is 0 Å². The SMILES string of the molecule is CCS(=O)(=O)N1Cc2ccccc2C[C@@H]1C(=O)N1CCC[C@H](C)C1. The van der Waals surface area contributed by atoms with Crippen molar-refractivity contribution in [3.8, 4) is 0 Å². The number of sulfonamides is 1. The summed E-state index contributed by atoms with van der Waals surface area (Å²) in [7, 11) is -3.42. The van der Waals surface area contributed by atoms with Crippen LogP contribution in [-0.2, 0) is 27.8 Å². The molecule has 1 amide bonds. The average molecular weight is 350 g/mol. The number of carbonyl (C=O) groups excluding carboxylic acids is 1. The number of benzene rings is 1. The third-order valence-electron chi connectivity index (χ3n) is 5.18. The lowest BCUT2D eigenvalue weighted by molar-refractivity contribution is -0.137. The van der Waals surface area contributed by atoms with E-state index in [0.717, 1.165) is 37.1 Å². The zero-order valence-corrected chi connectivity index (χ0v) is 15.3. The van der Waals surface area contributed by atoms with E-state index in [-0.39, 0.29) is 11.7 Å². The largest absolute Gasteiger partial charge is 0.341 e. The predicted octanol–water partition coefficient (Wildman–Crippen LogP) is 2.02. The van der Waals surface area contributed by atoms with Crippen molar-refractivity contribution >= 4 is 15.9 Å². The minimum atomic E-state index is -3.42. The molecule has 1 aromatic rings. The summed E-state index contributed by atoms with van der Waals surface area (Å²) in [6.45, 7) is 5.56. The smallest absolute Gasteiger partial charge is 0.241 e. The van der Waals surface area contributed by atoms with Gasteiger partial charge in [-0.05, 0) is 43.2 Å². The van der Waals surface area contributed by atoms with Gasteiger partial charge in [-0.25, -0.2) is 8.42 Å². The fourth-order valence-electron chi connectivity index (χ4n) is 3.77. The van der Waals surface area contributed by atoms with Crippen molar-refractivity contribution in [2.75, 3.05) is 18.8 Å². The third-order valence-corrected chi connectivity index (χ3v) is 7.01. The van der Waals surface area contributed by atoms with Gasteiger partial charge in [0.2, 0.25) is 15.9 Å². The Kier molecular flexibility index (Phi) is 4.97. The molecule has 0 aliphatic carbocycles. The van der Waals surface area contributed by atoms with Gasteiger partial charge in [0.05, 0.1) is 5.75 Å². The maximum absolute atomic E-state index is 13.1. The topological polar surface area (TPSA) is 57.7 Å². The first-order chi connectivity index (χ1) is 11.4. The number of nitrogens with zero attached hydrogens (tertiary/aromatic N) is 2. The van der Waals surface area contributed by atoms with E-state index in [1.165, 1.54) is 4.31 Å². The van der Waals surface area contributed by atoms with Gasteiger partial charge in [-0.1, -0.05) is 31.2 Å². The fourth-order valence-corrected chi connectivity index (χ4v) is 4.99. The number of likely N-dealkylation sites (tertiary alicyclic amines) is 1. The lowest BCUT2D eigenvalue weighted by atomic mass is 9.93. The van der Waals surface area contributed by atoms with E-state index in [0.29, 0.717) is 18.9 Å². The minimum Gasteiger partial charge on any atom is -0.341 e. The Balaban J connectivity index is 1.92. The summed E-state index contributed by atoms with van der Waals surface area (Å²) in [5.74, 6) is 0.470. The molecule has 0 radical (unpaired) electrons. The second kappa shape index (κ2) is 6.84. The van der Waals surface area contributed by atoms with Crippen molar-refractivity contribution in [2.45, 2.75) is 45.7 Å². The van der Waals surface area contributed by atoms with Crippen LogP contribution in [-0.4, -0.2) is 48.4 Å². The molecular weight excluding hydrogens is 324 g/mol. The number of hydrogen-bond donors (Lipinski definition) is 0. The Labute approximate surface area is 144 Å². The molecule has 132 valence electrons. The van der Waals surface area contributed by atoms with Gasteiger partial charge in [0, 0.05) is 19.6 Å². The Morgan fingerprint density at radius 1 is 1.25 bits per heavy atom. The molecule has 1 aromatic carbocycles. The number of amides is 1. The molecule has 2 aliphatic heterocycles. The van der Waals surface area contributed by atoms with Gasteiger partial charge < -0.3 is 4.90 Å². The summed E-state index contributed by atoms with van der Waals surface area (Å²) >= 11 is 0. The molecule has 2 atom stereocenters. The highest BCUT2D eigenvalue weighted by Crippen LogP contribution is 2.28. The van der Waals surface area contributed by atoms with Crippen molar-refractivity contribution in [1.29, 1.82) is 0 Å². The van der Waals surface area contributed by atoms with Crippen molar-refractivity contribution in [3.63, 3.8) is 0 Å². The highest BCUT2D eigenvalue weighted by molar-refractivity contribution is 7.89. The molecule has 2 aliphatic rings. The lowest BCUT2D eigenvalue weighted by Gasteiger charge is -2.39. The van der Waals surface area contributed by atoms with E-state index < -0.39 is 16.1 Å². The van der Waals surface area contributed by atoms with Crippen molar-refractivity contribution in [1.82, 2.24) is 9.21 Å². The molecule has 24 heavy (non-hydrogen) atoms. The van der Waals surface area contributed by atoms with Gasteiger partial charge in [0.15, 0.2) is 0 Å². The highest BCUT2D eigenvalue weighted by atomic mass is 32.2. The number of piperidine rings is 1. The van der Waals surface area contributed by atoms with E-state index in [9.17, 15) is 13.2 Å². The Hall–Kier alpha value is -1.40. The first-order valence-electron chi connectivity index (χ1n) is 8.77. The second-order valence-electron chi connectivity index (χ2n) is 6.97. The molecule has 0 saturated carbocycles. The highest BCUT2D eigenvalue weighted by Gasteiger charge is 2.40. The molecule has 0 bridgehead atoms. The van der Waals surface area contributed by atoms with Crippen LogP contribution in [0.2, 0.25) is 0 Å². The third kappa shape index (κ3) is 3.35. The molecule has 2 heterocycles. The number of hydrogen-bond acceptors (Lipinski definition) is 3. The molecule has 0 spiro atoms. The first kappa shape index (κ1) is 17.4. The monoisotopic (exact) mass is 350 g/mol. The van der Waals surface area contributed by atoms with Crippen molar-refractivity contribution in [3.05, 3.63) is 35.4 Å². The fraction of sp³-hybridized carbons (Fsp3) is 0.611. The number of fused-ring (bicyclic) bond motifs is 1. The first-order valence-corrected chi connectivity index (χ1v) is 10.4. The molecular formula is C18H26N2O3S. The molecule has 6 heteroatoms. The normalized spacial score (nSPS) is 25.3. The van der Waals surface area contributed by atoms with Gasteiger partial charge in [-0.2, -0.15) is 4.31 Å². The van der Waals surface area contributed by atoms with E-state index in [2.05, 4.69) is 6.92 Å². The maximum Gasteiger partial charge on any atom is 0.241 e. The van der Waals surface area contributed by atoms with Crippen LogP contribution in [0.5, 0.6) is 0 Å². The van der Waals surface area contributed by atoms with Crippen LogP contribution >= 0.6 is 0 Å². The summed E-state index contributed by atoms with van der Waals surface area (Å²) in [5, 5.41) is 0. The van der Waals surface area contributed by atoms with Gasteiger partial charge in [-0.15, -0.1) is 0 Å². The summed E-state index contributed by atoms with van der Waals surface area (Å²) in [6, 6.07) is 7.23. The average Bonchev–Trinajstić information content (AvgIpc) is 2.60. The van der Waals surface area contributed by atoms with Crippen LogP contribution in [0, 0.1) is 5.92 Å². The molecule has 1 saturated heterocycles. The number of rotatable bonds is 3. The Morgan fingerprint density at radius 3 is 2.62 bits per heavy atom. The van der Waals surface area contributed by atoms with Crippen molar-refractivity contribution < 1.29 is 13.2 Å². The summed E-state index contributed by atoms with van der Waals surface area (Å²) in [6.07, 6.45) is 2.60. The summed E-state index contributed by atoms with van der Waals surface area (Å²) in [4.78, 5) is 15.0. The van der Waals surface area contributed by atoms with E-state index in [4.69, 9.17) is 0 Å². The molecule has 0 aromatic heterocycles. The summed E-state index contributed by atoms with van der Waals surface area (Å²) < 4.78 is 26.6. The Bertz CT molecular complexity index is 717. The van der Waals surface area contributed by atoms with Crippen LogP contribution in [0.1, 0.15) is 37.8 Å². The van der Waals surface area contributed by atoms with Crippen molar-refractivity contribution in [2.24, 2.45) is 5.92 Å². The molecule has 0 N–H and O–H groups in total. The van der Waals surface area contributed by atoms with E-state index in [1.54, 1.807) is 6.92 Å². The van der Waals surface area contributed by atoms with Gasteiger partial charge in [0.25, 0.3) is 0 Å². The lowest BCUT2D eigenvalue weighted by Crippen LogP contribution is -2.55. The van der Waals surface area contributed by atoms with Crippen LogP contribution in [0.4, 0.5) is 0 Å². The summed E-state index contributed by atoms with van der Waals surface area (Å²) in [5.41, 5.74) is 2.09. The van der Waals surface area contributed by atoms with E-state index in [1.807, 2.05) is 29.2 Å². The molecule has 3 rings (SSSR count). The quantitative estimate of drug-likeness (QED) is 0.838. The van der Waals surface area contributed by atoms with Crippen LogP contribution in [0.15, 0.2) is 24.3 Å². The van der Waals surface area contributed by atoms with E-state index >= 15 is 0 Å². The molecule has 1 fully saturated rings. The van der Waals surface area contributed by atoms with Gasteiger partial charge in [0.1, 0.15) is 6.04 Å². The standard InChI is InChI=1S/C18H26N2O3S/c1-3-24(22,23)20-13-16-9-5-4-8-15(16)11-17(20)18(21)19-10-6-7-14(2)12-19/h4-5,8-9,14,17H,3,6-7,10-13H2,1-2H3/t14-,17+/m0/s1. The maximum atomic E-state index is 13.1. The van der Waals surface area contributed by atoms with Crippen LogP contribution in [0.3, 0.4) is 0 Å². The predicted molar refractivity (Wildman–Crippen MR) is 93.9 cm³/mol. The molecule has 5 nitrogen and oxygen atoms in total. The molecule has 0 unspecified atom stereocenters. The number of carbonyl (C=O) groups is 1. The minimum absolute atomic E-state index is 0.0232. The Morgan fingerprint density at radius 2 is 1.96 bits per heavy atom. The zero-order valence-electron chi connectivity index (χ0n) is 14.4.